The van der Waals surface area contributed by atoms with Gasteiger partial charge < -0.3 is 9.64 Å². The summed E-state index contributed by atoms with van der Waals surface area (Å²) in [6, 6.07) is 9.84. The molecule has 5 rings (SSSR count). The fraction of sp³-hybridized carbons (Fsp3) is 0.310. The number of halogens is 3. The van der Waals surface area contributed by atoms with Gasteiger partial charge in [-0.15, -0.1) is 0 Å². The molecule has 0 radical (unpaired) electrons. The molecular weight excluding hydrogens is 569 g/mol. The second-order valence-electron chi connectivity index (χ2n) is 10.0. The normalized spacial score (nSPS) is 14.8. The first-order chi connectivity index (χ1) is 20.2. The lowest BCUT2D eigenvalue weighted by molar-refractivity contribution is 0.149. The number of likely N-dealkylation sites (N-methyl/N-ethyl adjacent to an activating group) is 1. The molecule has 13 heteroatoms. The molecule has 1 aliphatic heterocycles. The maximum atomic E-state index is 16.4. The van der Waals surface area contributed by atoms with E-state index >= 15 is 4.39 Å². The van der Waals surface area contributed by atoms with Gasteiger partial charge in [-0.2, -0.15) is 5.10 Å². The molecule has 1 saturated heterocycles. The van der Waals surface area contributed by atoms with E-state index < -0.39 is 44.8 Å². The number of benzene rings is 2. The van der Waals surface area contributed by atoms with Crippen LogP contribution in [-0.4, -0.2) is 86.6 Å². The minimum absolute atomic E-state index is 0.0358. The summed E-state index contributed by atoms with van der Waals surface area (Å²) in [5.74, 6) is -3.03. The molecule has 0 saturated carbocycles. The van der Waals surface area contributed by atoms with Crippen LogP contribution in [0.15, 0.2) is 72.0 Å². The second kappa shape index (κ2) is 12.6. The average molecular weight is 601 g/mol. The molecular formula is C29H31F3N6O3S. The summed E-state index contributed by atoms with van der Waals surface area (Å²) in [5, 5.41) is 4.72. The van der Waals surface area contributed by atoms with Crippen molar-refractivity contribution < 1.29 is 26.3 Å². The summed E-state index contributed by atoms with van der Waals surface area (Å²) in [6.45, 7) is 4.51. The topological polar surface area (TPSA) is 83.8 Å². The van der Waals surface area contributed by atoms with Gasteiger partial charge in [-0.25, -0.2) is 25.9 Å². The van der Waals surface area contributed by atoms with Crippen LogP contribution in [0.3, 0.4) is 0 Å². The first-order valence-electron chi connectivity index (χ1n) is 13.3. The van der Waals surface area contributed by atoms with Crippen molar-refractivity contribution >= 4 is 15.7 Å². The van der Waals surface area contributed by atoms with Gasteiger partial charge in [-0.1, -0.05) is 6.07 Å². The Morgan fingerprint density at radius 2 is 1.69 bits per heavy atom. The summed E-state index contributed by atoms with van der Waals surface area (Å²) >= 11 is 0. The van der Waals surface area contributed by atoms with E-state index in [0.29, 0.717) is 34.2 Å². The van der Waals surface area contributed by atoms with E-state index in [-0.39, 0.29) is 5.56 Å². The molecule has 0 N–H and O–H groups in total. The van der Waals surface area contributed by atoms with Crippen molar-refractivity contribution in [2.75, 3.05) is 57.9 Å². The minimum atomic E-state index is -4.76. The summed E-state index contributed by atoms with van der Waals surface area (Å²) < 4.78 is 79.2. The Labute approximate surface area is 242 Å². The Morgan fingerprint density at radius 1 is 0.952 bits per heavy atom. The van der Waals surface area contributed by atoms with E-state index in [9.17, 15) is 17.2 Å². The lowest BCUT2D eigenvalue weighted by Gasteiger charge is -2.32. The molecule has 0 amide bonds. The number of hydrogen-bond donors (Lipinski definition) is 0. The molecule has 222 valence electrons. The molecule has 0 spiro atoms. The maximum Gasteiger partial charge on any atom is 0.269 e. The van der Waals surface area contributed by atoms with Crippen LogP contribution in [0, 0.1) is 17.5 Å². The molecule has 42 heavy (non-hydrogen) atoms. The molecule has 0 bridgehead atoms. The van der Waals surface area contributed by atoms with Crippen molar-refractivity contribution in [3.05, 3.63) is 84.6 Å². The van der Waals surface area contributed by atoms with Gasteiger partial charge >= 0.3 is 0 Å². The third kappa shape index (κ3) is 6.19. The Hall–Kier alpha value is -3.78. The number of nitrogens with zero attached hydrogens (tertiary/aromatic N) is 6. The van der Waals surface area contributed by atoms with Gasteiger partial charge in [0, 0.05) is 69.6 Å². The summed E-state index contributed by atoms with van der Waals surface area (Å²) in [4.78, 5) is 7.75. The molecule has 3 heterocycles. The number of ether oxygens (including phenoxy) is 1. The summed E-state index contributed by atoms with van der Waals surface area (Å²) in [6.07, 6.45) is 5.07. The maximum absolute atomic E-state index is 16.4. The number of methoxy groups -OCH3 is 1. The van der Waals surface area contributed by atoms with Crippen LogP contribution in [0.2, 0.25) is 0 Å². The zero-order valence-electron chi connectivity index (χ0n) is 23.3. The fourth-order valence-corrected chi connectivity index (χ4v) is 6.33. The van der Waals surface area contributed by atoms with Crippen LogP contribution < -0.4 is 4.31 Å². The number of rotatable bonds is 10. The third-order valence-electron chi connectivity index (χ3n) is 7.20. The van der Waals surface area contributed by atoms with Crippen molar-refractivity contribution in [3.8, 4) is 22.4 Å². The van der Waals surface area contributed by atoms with Crippen molar-refractivity contribution in [1.29, 1.82) is 0 Å². The van der Waals surface area contributed by atoms with Crippen LogP contribution >= 0.6 is 0 Å². The highest BCUT2D eigenvalue weighted by atomic mass is 32.2. The van der Waals surface area contributed by atoms with Crippen molar-refractivity contribution in [2.24, 2.45) is 0 Å². The van der Waals surface area contributed by atoms with Crippen LogP contribution in [-0.2, 0) is 21.3 Å². The van der Waals surface area contributed by atoms with Gasteiger partial charge in [-0.05, 0) is 55.1 Å². The van der Waals surface area contributed by atoms with Crippen molar-refractivity contribution in [2.45, 2.75) is 11.4 Å². The van der Waals surface area contributed by atoms with E-state index in [0.717, 1.165) is 44.4 Å². The lowest BCUT2D eigenvalue weighted by Crippen LogP contribution is -2.45. The minimum Gasteiger partial charge on any atom is -0.363 e. The second-order valence-corrected chi connectivity index (χ2v) is 11.9. The molecule has 2 aromatic heterocycles. The molecule has 0 atom stereocenters. The van der Waals surface area contributed by atoms with E-state index in [1.54, 1.807) is 29.2 Å². The number of sulfonamides is 1. The quantitative estimate of drug-likeness (QED) is 0.254. The first kappa shape index (κ1) is 29.7. The highest BCUT2D eigenvalue weighted by Gasteiger charge is 2.32. The summed E-state index contributed by atoms with van der Waals surface area (Å²) in [7, 11) is -1.45. The highest BCUT2D eigenvalue weighted by Crippen LogP contribution is 2.37. The number of pyridine rings is 1. The molecule has 4 aromatic rings. The number of anilines is 1. The van der Waals surface area contributed by atoms with E-state index in [2.05, 4.69) is 21.8 Å². The molecule has 9 nitrogen and oxygen atoms in total. The van der Waals surface area contributed by atoms with Crippen LogP contribution in [0.1, 0.15) is 0 Å². The Morgan fingerprint density at radius 3 is 2.40 bits per heavy atom. The number of hydrogen-bond acceptors (Lipinski definition) is 7. The fourth-order valence-electron chi connectivity index (χ4n) is 4.87. The molecule has 0 aliphatic carbocycles. The van der Waals surface area contributed by atoms with Gasteiger partial charge in [0.1, 0.15) is 29.0 Å². The smallest absolute Gasteiger partial charge is 0.269 e. The van der Waals surface area contributed by atoms with Crippen molar-refractivity contribution in [3.63, 3.8) is 0 Å². The Bertz CT molecular complexity index is 1640. The Balaban J connectivity index is 1.55. The average Bonchev–Trinajstić information content (AvgIpc) is 3.41. The SMILES string of the molecule is COCN(c1cccc(-c2nn(CCN3CCN(C)CC3)cc2-c2ccncc2)c1F)S(=O)(=O)c1cc(F)ccc1F. The number of aromatic nitrogens is 3. The van der Waals surface area contributed by atoms with Gasteiger partial charge in [0.25, 0.3) is 10.0 Å². The van der Waals surface area contributed by atoms with E-state index in [4.69, 9.17) is 9.84 Å². The zero-order chi connectivity index (χ0) is 29.9. The predicted molar refractivity (Wildman–Crippen MR) is 153 cm³/mol. The predicted octanol–water partition coefficient (Wildman–Crippen LogP) is 4.08. The van der Waals surface area contributed by atoms with Gasteiger partial charge in [0.05, 0.1) is 12.2 Å². The van der Waals surface area contributed by atoms with Gasteiger partial charge in [-0.3, -0.25) is 14.6 Å². The zero-order valence-corrected chi connectivity index (χ0v) is 24.1. The Kier molecular flexibility index (Phi) is 8.92. The molecule has 0 unspecified atom stereocenters. The monoisotopic (exact) mass is 600 g/mol. The largest absolute Gasteiger partial charge is 0.363 e. The molecule has 1 aliphatic rings. The van der Waals surface area contributed by atoms with Crippen LogP contribution in [0.25, 0.3) is 22.4 Å². The van der Waals surface area contributed by atoms with Crippen LogP contribution in [0.4, 0.5) is 18.9 Å². The molecule has 2 aromatic carbocycles. The van der Waals surface area contributed by atoms with E-state index in [1.165, 1.54) is 25.3 Å². The first-order valence-corrected chi connectivity index (χ1v) is 14.8. The third-order valence-corrected chi connectivity index (χ3v) is 8.96. The van der Waals surface area contributed by atoms with Gasteiger partial charge in [0.15, 0.2) is 5.82 Å². The standard InChI is InChI=1S/C29H31F3N6O3S/c1-35-12-14-36(15-13-35)16-17-37-19-24(21-8-10-33-11-9-21)29(34-37)23-4-3-5-26(28(23)32)38(20-41-2)42(39,40)27-18-22(30)6-7-25(27)31/h3-11,18-19H,12-17,20H2,1-2H3. The number of piperazine rings is 1. The van der Waals surface area contributed by atoms with Gasteiger partial charge in [0.2, 0.25) is 0 Å². The van der Waals surface area contributed by atoms with E-state index in [1.807, 2.05) is 6.20 Å². The molecule has 1 fully saturated rings. The lowest BCUT2D eigenvalue weighted by atomic mass is 10.0. The van der Waals surface area contributed by atoms with Crippen molar-refractivity contribution in [1.82, 2.24) is 24.6 Å². The highest BCUT2D eigenvalue weighted by molar-refractivity contribution is 7.92. The summed E-state index contributed by atoms with van der Waals surface area (Å²) in [5.41, 5.74) is 1.31. The van der Waals surface area contributed by atoms with Crippen LogP contribution in [0.5, 0.6) is 0 Å².